The lowest BCUT2D eigenvalue weighted by atomic mass is 10.1. The van der Waals surface area contributed by atoms with E-state index in [1.807, 2.05) is 6.92 Å². The van der Waals surface area contributed by atoms with Gasteiger partial charge in [0, 0.05) is 36.4 Å². The van der Waals surface area contributed by atoms with Gasteiger partial charge >= 0.3 is 0 Å². The number of benzene rings is 1. The van der Waals surface area contributed by atoms with Gasteiger partial charge in [-0.05, 0) is 31.5 Å². The minimum absolute atomic E-state index is 0. The summed E-state index contributed by atoms with van der Waals surface area (Å²) >= 11 is 6.14. The van der Waals surface area contributed by atoms with Crippen molar-refractivity contribution in [2.24, 2.45) is 0 Å². The monoisotopic (exact) mass is 296 g/mol. The number of halogens is 3. The van der Waals surface area contributed by atoms with Gasteiger partial charge in [0.25, 0.3) is 0 Å². The molecule has 1 N–H and O–H groups in total. The highest BCUT2D eigenvalue weighted by Gasteiger charge is 2.18. The van der Waals surface area contributed by atoms with Crippen molar-refractivity contribution >= 4 is 42.1 Å². The summed E-state index contributed by atoms with van der Waals surface area (Å²) in [6, 6.07) is 6.85. The quantitative estimate of drug-likeness (QED) is 0.856. The first-order chi connectivity index (χ1) is 7.18. The third-order valence-electron chi connectivity index (χ3n) is 2.99. The molecule has 1 aromatic carbocycles. The number of anilines is 1. The standard InChI is InChI=1S/C12H17ClN2.2ClH/c1-9-3-4-11(7-12(9)13)15-6-5-14-8-10(15)2;;/h3-4,7,10,14H,5-6,8H2,1-2H3;2*1H/t10-;;/m1../s1. The second-order valence-corrected chi connectivity index (χ2v) is 4.59. The SMILES string of the molecule is Cc1ccc(N2CCNC[C@H]2C)cc1Cl.Cl.Cl. The Morgan fingerprint density at radius 3 is 2.65 bits per heavy atom. The maximum Gasteiger partial charge on any atom is 0.0455 e. The van der Waals surface area contributed by atoms with Crippen molar-refractivity contribution in [3.8, 4) is 0 Å². The first-order valence-corrected chi connectivity index (χ1v) is 5.80. The number of hydrogen-bond donors (Lipinski definition) is 1. The van der Waals surface area contributed by atoms with Crippen molar-refractivity contribution in [2.45, 2.75) is 19.9 Å². The summed E-state index contributed by atoms with van der Waals surface area (Å²) in [6.07, 6.45) is 0. The molecule has 2 rings (SSSR count). The highest BCUT2D eigenvalue weighted by molar-refractivity contribution is 6.31. The van der Waals surface area contributed by atoms with Crippen LogP contribution < -0.4 is 10.2 Å². The lowest BCUT2D eigenvalue weighted by Crippen LogP contribution is -2.49. The van der Waals surface area contributed by atoms with Crippen LogP contribution >= 0.6 is 36.4 Å². The predicted octanol–water partition coefficient (Wildman–Crippen LogP) is 3.29. The molecule has 0 radical (unpaired) electrons. The van der Waals surface area contributed by atoms with Gasteiger partial charge in [0.05, 0.1) is 0 Å². The molecular formula is C12H19Cl3N2. The Hall–Kier alpha value is -0.150. The molecule has 1 aliphatic heterocycles. The Kier molecular flexibility index (Phi) is 7.26. The molecule has 0 bridgehead atoms. The molecule has 0 aromatic heterocycles. The number of aryl methyl sites for hydroxylation is 1. The number of nitrogens with one attached hydrogen (secondary N) is 1. The van der Waals surface area contributed by atoms with Crippen molar-refractivity contribution in [1.29, 1.82) is 0 Å². The van der Waals surface area contributed by atoms with Gasteiger partial charge in [-0.2, -0.15) is 0 Å². The van der Waals surface area contributed by atoms with Crippen LogP contribution in [-0.2, 0) is 0 Å². The zero-order chi connectivity index (χ0) is 10.8. The minimum atomic E-state index is 0. The highest BCUT2D eigenvalue weighted by Crippen LogP contribution is 2.24. The van der Waals surface area contributed by atoms with Gasteiger partial charge in [-0.3, -0.25) is 0 Å². The second kappa shape index (κ2) is 7.32. The van der Waals surface area contributed by atoms with E-state index < -0.39 is 0 Å². The van der Waals surface area contributed by atoms with Crippen molar-refractivity contribution in [3.63, 3.8) is 0 Å². The fourth-order valence-corrected chi connectivity index (χ4v) is 2.16. The molecule has 1 aromatic rings. The molecule has 1 heterocycles. The summed E-state index contributed by atoms with van der Waals surface area (Å²) in [6.45, 7) is 7.43. The van der Waals surface area contributed by atoms with E-state index in [-0.39, 0.29) is 24.8 Å². The van der Waals surface area contributed by atoms with Crippen LogP contribution in [0.1, 0.15) is 12.5 Å². The molecule has 1 atom stereocenters. The van der Waals surface area contributed by atoms with E-state index >= 15 is 0 Å². The van der Waals surface area contributed by atoms with Crippen LogP contribution in [0.15, 0.2) is 18.2 Å². The van der Waals surface area contributed by atoms with Gasteiger partial charge in [-0.25, -0.2) is 0 Å². The van der Waals surface area contributed by atoms with Gasteiger partial charge in [0.1, 0.15) is 0 Å². The van der Waals surface area contributed by atoms with Gasteiger partial charge < -0.3 is 10.2 Å². The number of piperazine rings is 1. The Morgan fingerprint density at radius 1 is 1.35 bits per heavy atom. The average Bonchev–Trinajstić information content (AvgIpc) is 2.23. The Balaban J connectivity index is 0.00000128. The highest BCUT2D eigenvalue weighted by atomic mass is 35.5. The van der Waals surface area contributed by atoms with Gasteiger partial charge in [-0.1, -0.05) is 17.7 Å². The van der Waals surface area contributed by atoms with Crippen molar-refractivity contribution < 1.29 is 0 Å². The normalized spacial score (nSPS) is 19.2. The van der Waals surface area contributed by atoms with Crippen LogP contribution in [0.2, 0.25) is 5.02 Å². The van der Waals surface area contributed by atoms with Crippen LogP contribution in [0.3, 0.4) is 0 Å². The molecule has 5 heteroatoms. The molecule has 0 amide bonds. The predicted molar refractivity (Wildman–Crippen MR) is 80.4 cm³/mol. The van der Waals surface area contributed by atoms with E-state index in [9.17, 15) is 0 Å². The molecule has 1 fully saturated rings. The first kappa shape index (κ1) is 16.9. The third kappa shape index (κ3) is 3.92. The summed E-state index contributed by atoms with van der Waals surface area (Å²) in [5.41, 5.74) is 2.38. The summed E-state index contributed by atoms with van der Waals surface area (Å²) in [4.78, 5) is 2.40. The van der Waals surface area contributed by atoms with E-state index in [2.05, 4.69) is 35.3 Å². The zero-order valence-corrected chi connectivity index (χ0v) is 12.5. The molecule has 0 aliphatic carbocycles. The molecule has 98 valence electrons. The van der Waals surface area contributed by atoms with Crippen LogP contribution in [-0.4, -0.2) is 25.7 Å². The largest absolute Gasteiger partial charge is 0.366 e. The number of hydrogen-bond acceptors (Lipinski definition) is 2. The van der Waals surface area contributed by atoms with E-state index in [1.54, 1.807) is 0 Å². The molecule has 2 nitrogen and oxygen atoms in total. The molecule has 0 spiro atoms. The molecular weight excluding hydrogens is 279 g/mol. The lowest BCUT2D eigenvalue weighted by Gasteiger charge is -2.36. The fraction of sp³-hybridized carbons (Fsp3) is 0.500. The summed E-state index contributed by atoms with van der Waals surface area (Å²) < 4.78 is 0. The third-order valence-corrected chi connectivity index (χ3v) is 3.40. The van der Waals surface area contributed by atoms with Crippen molar-refractivity contribution in [1.82, 2.24) is 5.32 Å². The smallest absolute Gasteiger partial charge is 0.0455 e. The maximum absolute atomic E-state index is 6.14. The zero-order valence-electron chi connectivity index (χ0n) is 10.1. The van der Waals surface area contributed by atoms with E-state index in [4.69, 9.17) is 11.6 Å². The second-order valence-electron chi connectivity index (χ2n) is 4.18. The minimum Gasteiger partial charge on any atom is -0.366 e. The van der Waals surface area contributed by atoms with Crippen LogP contribution in [0.25, 0.3) is 0 Å². The van der Waals surface area contributed by atoms with Gasteiger partial charge in [-0.15, -0.1) is 24.8 Å². The van der Waals surface area contributed by atoms with E-state index in [0.29, 0.717) is 6.04 Å². The maximum atomic E-state index is 6.14. The topological polar surface area (TPSA) is 15.3 Å². The fourth-order valence-electron chi connectivity index (χ4n) is 1.99. The summed E-state index contributed by atoms with van der Waals surface area (Å²) in [5.74, 6) is 0. The first-order valence-electron chi connectivity index (χ1n) is 5.42. The number of nitrogens with zero attached hydrogens (tertiary/aromatic N) is 1. The Bertz CT molecular complexity index is 358. The average molecular weight is 298 g/mol. The van der Waals surface area contributed by atoms with Gasteiger partial charge in [0.15, 0.2) is 0 Å². The molecule has 17 heavy (non-hydrogen) atoms. The lowest BCUT2D eigenvalue weighted by molar-refractivity contribution is 0.501. The van der Waals surface area contributed by atoms with Crippen molar-refractivity contribution in [2.75, 3.05) is 24.5 Å². The van der Waals surface area contributed by atoms with E-state index in [1.165, 1.54) is 5.69 Å². The van der Waals surface area contributed by atoms with E-state index in [0.717, 1.165) is 30.2 Å². The molecule has 0 unspecified atom stereocenters. The van der Waals surface area contributed by atoms with Crippen LogP contribution in [0.5, 0.6) is 0 Å². The Labute approximate surface area is 121 Å². The van der Waals surface area contributed by atoms with Crippen LogP contribution in [0.4, 0.5) is 5.69 Å². The van der Waals surface area contributed by atoms with Crippen molar-refractivity contribution in [3.05, 3.63) is 28.8 Å². The number of rotatable bonds is 1. The van der Waals surface area contributed by atoms with Gasteiger partial charge in [0.2, 0.25) is 0 Å². The molecule has 1 saturated heterocycles. The van der Waals surface area contributed by atoms with Crippen LogP contribution in [0, 0.1) is 6.92 Å². The Morgan fingerprint density at radius 2 is 2.06 bits per heavy atom. The summed E-state index contributed by atoms with van der Waals surface area (Å²) in [5, 5.41) is 4.25. The molecule has 1 aliphatic rings. The summed E-state index contributed by atoms with van der Waals surface area (Å²) in [7, 11) is 0. The molecule has 0 saturated carbocycles.